The highest BCUT2D eigenvalue weighted by atomic mass is 19.1. The summed E-state index contributed by atoms with van der Waals surface area (Å²) in [6.07, 6.45) is 0. The van der Waals surface area contributed by atoms with E-state index in [2.05, 4.69) is 15.1 Å². The van der Waals surface area contributed by atoms with Crippen LogP contribution in [0, 0.1) is 5.82 Å². The zero-order valence-electron chi connectivity index (χ0n) is 16.6. The number of para-hydroxylation sites is 1. The molecular weight excluding hydrogens is 373 g/mol. The van der Waals surface area contributed by atoms with Crippen molar-refractivity contribution in [2.24, 2.45) is 7.05 Å². The molecule has 2 aromatic heterocycles. The molecule has 2 heterocycles. The van der Waals surface area contributed by atoms with Gasteiger partial charge in [-0.1, -0.05) is 25.1 Å². The van der Waals surface area contributed by atoms with E-state index in [9.17, 15) is 9.18 Å². The minimum absolute atomic E-state index is 0.104. The van der Waals surface area contributed by atoms with E-state index in [1.165, 1.54) is 17.7 Å². The Kier molecular flexibility index (Phi) is 5.02. The van der Waals surface area contributed by atoms with Crippen molar-refractivity contribution in [3.05, 3.63) is 70.0 Å². The second kappa shape index (κ2) is 7.63. The fourth-order valence-electron chi connectivity index (χ4n) is 3.54. The van der Waals surface area contributed by atoms with Crippen LogP contribution in [0.5, 0.6) is 5.75 Å². The minimum Gasteiger partial charge on any atom is -0.494 e. The second-order valence-electron chi connectivity index (χ2n) is 6.91. The number of benzene rings is 2. The summed E-state index contributed by atoms with van der Waals surface area (Å²) in [6.45, 7) is 3.84. The highest BCUT2D eigenvalue weighted by Crippen LogP contribution is 2.20. The Morgan fingerprint density at radius 3 is 2.66 bits per heavy atom. The third-order valence-corrected chi connectivity index (χ3v) is 5.13. The highest BCUT2D eigenvalue weighted by molar-refractivity contribution is 5.80. The van der Waals surface area contributed by atoms with Crippen LogP contribution in [0.15, 0.2) is 47.3 Å². The largest absolute Gasteiger partial charge is 0.494 e. The number of aryl methyl sites for hydroxylation is 1. The maximum atomic E-state index is 14.0. The molecule has 0 amide bonds. The summed E-state index contributed by atoms with van der Waals surface area (Å²) >= 11 is 0. The summed E-state index contributed by atoms with van der Waals surface area (Å²) in [5, 5.41) is 9.19. The molecule has 0 bridgehead atoms. The number of hydrogen-bond acceptors (Lipinski definition) is 5. The molecule has 0 aliphatic rings. The molecular formula is C21H22FN5O2. The monoisotopic (exact) mass is 395 g/mol. The van der Waals surface area contributed by atoms with Gasteiger partial charge in [0.15, 0.2) is 17.4 Å². The first-order valence-electron chi connectivity index (χ1n) is 9.40. The predicted molar refractivity (Wildman–Crippen MR) is 108 cm³/mol. The van der Waals surface area contributed by atoms with E-state index in [0.717, 1.165) is 23.4 Å². The molecule has 8 heteroatoms. The molecule has 4 aromatic rings. The van der Waals surface area contributed by atoms with E-state index in [-0.39, 0.29) is 17.1 Å². The SMILES string of the molecule is CCN(Cc1ccc(OC)c(F)c1)Cc1nnc2n(C)c(=O)c3ccccc3n12. The Bertz CT molecular complexity index is 1250. The average molecular weight is 395 g/mol. The summed E-state index contributed by atoms with van der Waals surface area (Å²) in [6, 6.07) is 12.4. The summed E-state index contributed by atoms with van der Waals surface area (Å²) in [5.74, 6) is 1.07. The number of nitrogens with zero attached hydrogens (tertiary/aromatic N) is 5. The van der Waals surface area contributed by atoms with Gasteiger partial charge in [0.2, 0.25) is 5.78 Å². The minimum atomic E-state index is -0.380. The van der Waals surface area contributed by atoms with Crippen molar-refractivity contribution in [1.82, 2.24) is 24.1 Å². The number of fused-ring (bicyclic) bond motifs is 3. The maximum Gasteiger partial charge on any atom is 0.262 e. The molecule has 0 aliphatic heterocycles. The van der Waals surface area contributed by atoms with Crippen LogP contribution in [-0.4, -0.2) is 37.7 Å². The van der Waals surface area contributed by atoms with E-state index >= 15 is 0 Å². The summed E-state index contributed by atoms with van der Waals surface area (Å²) < 4.78 is 22.5. The molecule has 0 atom stereocenters. The van der Waals surface area contributed by atoms with Crippen LogP contribution in [0.3, 0.4) is 0 Å². The van der Waals surface area contributed by atoms with Crippen molar-refractivity contribution in [2.75, 3.05) is 13.7 Å². The van der Waals surface area contributed by atoms with Gasteiger partial charge in [0.05, 0.1) is 24.6 Å². The standard InChI is InChI=1S/C21H22FN5O2/c1-4-26(12-14-9-10-18(29-3)16(22)11-14)13-19-23-24-21-25(2)20(28)15-7-5-6-8-17(15)27(19)21/h5-11H,4,12-13H2,1-3H3. The first-order valence-corrected chi connectivity index (χ1v) is 9.40. The molecule has 0 saturated carbocycles. The summed E-state index contributed by atoms with van der Waals surface area (Å²) in [4.78, 5) is 14.7. The highest BCUT2D eigenvalue weighted by Gasteiger charge is 2.17. The fraction of sp³-hybridized carbons (Fsp3) is 0.286. The van der Waals surface area contributed by atoms with Gasteiger partial charge in [0.1, 0.15) is 0 Å². The van der Waals surface area contributed by atoms with Crippen LogP contribution in [-0.2, 0) is 20.1 Å². The van der Waals surface area contributed by atoms with Crippen LogP contribution in [0.25, 0.3) is 16.7 Å². The smallest absolute Gasteiger partial charge is 0.262 e. The molecule has 7 nitrogen and oxygen atoms in total. The van der Waals surface area contributed by atoms with Crippen molar-refractivity contribution in [2.45, 2.75) is 20.0 Å². The van der Waals surface area contributed by atoms with Gasteiger partial charge in [-0.05, 0) is 36.4 Å². The first-order chi connectivity index (χ1) is 14.0. The van der Waals surface area contributed by atoms with Crippen molar-refractivity contribution < 1.29 is 9.13 Å². The fourth-order valence-corrected chi connectivity index (χ4v) is 3.54. The van der Waals surface area contributed by atoms with Crippen molar-refractivity contribution in [3.8, 4) is 5.75 Å². The summed E-state index contributed by atoms with van der Waals surface area (Å²) in [7, 11) is 3.14. The van der Waals surface area contributed by atoms with Gasteiger partial charge in [-0.2, -0.15) is 0 Å². The van der Waals surface area contributed by atoms with Crippen LogP contribution in [0.1, 0.15) is 18.3 Å². The molecule has 0 N–H and O–H groups in total. The number of aromatic nitrogens is 4. The average Bonchev–Trinajstić information content (AvgIpc) is 3.15. The lowest BCUT2D eigenvalue weighted by Crippen LogP contribution is -2.25. The van der Waals surface area contributed by atoms with Crippen molar-refractivity contribution in [1.29, 1.82) is 0 Å². The molecule has 2 aromatic carbocycles. The molecule has 0 aliphatic carbocycles. The van der Waals surface area contributed by atoms with Crippen LogP contribution in [0.2, 0.25) is 0 Å². The van der Waals surface area contributed by atoms with Gasteiger partial charge >= 0.3 is 0 Å². The lowest BCUT2D eigenvalue weighted by Gasteiger charge is -2.20. The van der Waals surface area contributed by atoms with Gasteiger partial charge in [-0.3, -0.25) is 18.7 Å². The number of methoxy groups -OCH3 is 1. The molecule has 0 radical (unpaired) electrons. The van der Waals surface area contributed by atoms with Gasteiger partial charge in [0.25, 0.3) is 5.56 Å². The number of halogens is 1. The van der Waals surface area contributed by atoms with Crippen molar-refractivity contribution in [3.63, 3.8) is 0 Å². The van der Waals surface area contributed by atoms with Gasteiger partial charge in [-0.25, -0.2) is 4.39 Å². The third kappa shape index (κ3) is 3.36. The molecule has 150 valence electrons. The van der Waals surface area contributed by atoms with Gasteiger partial charge < -0.3 is 4.74 Å². The molecule has 0 saturated heterocycles. The first kappa shape index (κ1) is 19.1. The van der Waals surface area contributed by atoms with E-state index in [1.807, 2.05) is 35.6 Å². The van der Waals surface area contributed by atoms with E-state index in [0.29, 0.717) is 24.3 Å². The van der Waals surface area contributed by atoms with Crippen LogP contribution >= 0.6 is 0 Å². The number of ether oxygens (including phenoxy) is 1. The van der Waals surface area contributed by atoms with E-state index in [1.54, 1.807) is 19.2 Å². The number of rotatable bonds is 6. The Balaban J connectivity index is 1.71. The van der Waals surface area contributed by atoms with E-state index < -0.39 is 0 Å². The van der Waals surface area contributed by atoms with Gasteiger partial charge in [-0.15, -0.1) is 10.2 Å². The maximum absolute atomic E-state index is 14.0. The van der Waals surface area contributed by atoms with Crippen LogP contribution < -0.4 is 10.3 Å². The third-order valence-electron chi connectivity index (χ3n) is 5.13. The number of hydrogen-bond donors (Lipinski definition) is 0. The summed E-state index contributed by atoms with van der Waals surface area (Å²) in [5.41, 5.74) is 1.52. The lowest BCUT2D eigenvalue weighted by molar-refractivity contribution is 0.263. The Labute approximate surface area is 167 Å². The Hall–Kier alpha value is -3.26. The molecule has 4 rings (SSSR count). The van der Waals surface area contributed by atoms with Gasteiger partial charge in [0, 0.05) is 13.6 Å². The zero-order chi connectivity index (χ0) is 20.5. The zero-order valence-corrected chi connectivity index (χ0v) is 16.6. The molecule has 0 fully saturated rings. The molecule has 0 unspecified atom stereocenters. The Morgan fingerprint density at radius 1 is 1.14 bits per heavy atom. The van der Waals surface area contributed by atoms with Crippen LogP contribution in [0.4, 0.5) is 4.39 Å². The second-order valence-corrected chi connectivity index (χ2v) is 6.91. The topological polar surface area (TPSA) is 64.7 Å². The van der Waals surface area contributed by atoms with E-state index in [4.69, 9.17) is 4.74 Å². The molecule has 29 heavy (non-hydrogen) atoms. The quantitative estimate of drug-likeness (QED) is 0.502. The Morgan fingerprint density at radius 2 is 1.93 bits per heavy atom. The molecule has 0 spiro atoms. The lowest BCUT2D eigenvalue weighted by atomic mass is 10.2. The van der Waals surface area contributed by atoms with Crippen molar-refractivity contribution >= 4 is 16.7 Å². The predicted octanol–water partition coefficient (Wildman–Crippen LogP) is 2.75. The normalized spacial score (nSPS) is 11.6.